The Morgan fingerprint density at radius 2 is 2.24 bits per heavy atom. The van der Waals surface area contributed by atoms with Crippen molar-refractivity contribution < 1.29 is 0 Å². The van der Waals surface area contributed by atoms with Crippen LogP contribution in [0, 0.1) is 5.92 Å². The molecule has 2 fully saturated rings. The van der Waals surface area contributed by atoms with Gasteiger partial charge in [-0.05, 0) is 31.7 Å². The van der Waals surface area contributed by atoms with Crippen LogP contribution < -0.4 is 5.32 Å². The second kappa shape index (κ2) is 4.81. The number of fused-ring (bicyclic) bond motifs is 1. The highest BCUT2D eigenvalue weighted by atomic mass is 32.2. The van der Waals surface area contributed by atoms with E-state index < -0.39 is 0 Å². The highest BCUT2D eigenvalue weighted by Crippen LogP contribution is 2.29. The fraction of sp³-hybridized carbons (Fsp3) is 0.923. The van der Waals surface area contributed by atoms with E-state index in [0.29, 0.717) is 18.0 Å². The highest BCUT2D eigenvalue weighted by Gasteiger charge is 2.38. The van der Waals surface area contributed by atoms with Crippen molar-refractivity contribution in [2.24, 2.45) is 10.9 Å². The van der Waals surface area contributed by atoms with Crippen LogP contribution in [-0.2, 0) is 0 Å². The maximum atomic E-state index is 4.82. The van der Waals surface area contributed by atoms with E-state index in [-0.39, 0.29) is 0 Å². The third-order valence-corrected chi connectivity index (χ3v) is 5.36. The van der Waals surface area contributed by atoms with Crippen molar-refractivity contribution in [2.45, 2.75) is 51.2 Å². The molecule has 0 saturated carbocycles. The number of hydrogen-bond donors (Lipinski definition) is 1. The molecule has 0 spiro atoms. The van der Waals surface area contributed by atoms with Gasteiger partial charge in [0.25, 0.3) is 0 Å². The number of aliphatic imine (C=N–C) groups is 1. The van der Waals surface area contributed by atoms with E-state index in [1.54, 1.807) is 0 Å². The lowest BCUT2D eigenvalue weighted by Gasteiger charge is -2.21. The number of rotatable bonds is 2. The molecule has 1 N–H and O–H groups in total. The molecular weight excluding hydrogens is 230 g/mol. The number of hydrogen-bond acceptors (Lipinski definition) is 4. The first kappa shape index (κ1) is 11.8. The minimum atomic E-state index is 0.531. The maximum Gasteiger partial charge on any atom is 0.157 e. The minimum absolute atomic E-state index is 0.531. The fourth-order valence-corrected chi connectivity index (χ4v) is 4.45. The van der Waals surface area contributed by atoms with Crippen LogP contribution in [-0.4, -0.2) is 47.0 Å². The zero-order valence-corrected chi connectivity index (χ0v) is 11.7. The quantitative estimate of drug-likeness (QED) is 0.815. The lowest BCUT2D eigenvalue weighted by Crippen LogP contribution is -2.41. The first-order chi connectivity index (χ1) is 8.24. The minimum Gasteiger partial charge on any atom is -0.361 e. The zero-order valence-electron chi connectivity index (χ0n) is 10.9. The van der Waals surface area contributed by atoms with Crippen LogP contribution in [0.3, 0.4) is 0 Å². The molecule has 0 amide bonds. The Hall–Kier alpha value is -0.220. The molecule has 3 aliphatic rings. The summed E-state index contributed by atoms with van der Waals surface area (Å²) in [4.78, 5) is 7.47. The van der Waals surface area contributed by atoms with Crippen molar-refractivity contribution in [2.75, 3.05) is 18.8 Å². The van der Waals surface area contributed by atoms with Gasteiger partial charge in [0.2, 0.25) is 0 Å². The Kier molecular flexibility index (Phi) is 3.35. The molecule has 3 rings (SSSR count). The summed E-state index contributed by atoms with van der Waals surface area (Å²) in [6.45, 7) is 7.14. The third-order valence-electron chi connectivity index (χ3n) is 4.36. The molecule has 17 heavy (non-hydrogen) atoms. The van der Waals surface area contributed by atoms with Gasteiger partial charge in [-0.25, -0.2) is 0 Å². The lowest BCUT2D eigenvalue weighted by atomic mass is 10.1. The first-order valence-electron chi connectivity index (χ1n) is 6.95. The van der Waals surface area contributed by atoms with Crippen LogP contribution in [0.25, 0.3) is 0 Å². The van der Waals surface area contributed by atoms with Gasteiger partial charge in [-0.2, -0.15) is 0 Å². The molecule has 3 unspecified atom stereocenters. The number of nitrogens with one attached hydrogen (secondary N) is 1. The van der Waals surface area contributed by atoms with Crippen LogP contribution in [0.5, 0.6) is 0 Å². The Labute approximate surface area is 108 Å². The summed E-state index contributed by atoms with van der Waals surface area (Å²) in [6, 6.07) is 1.98. The molecular formula is C13H23N3S. The van der Waals surface area contributed by atoms with Crippen molar-refractivity contribution in [3.05, 3.63) is 0 Å². The summed E-state index contributed by atoms with van der Waals surface area (Å²) in [5.41, 5.74) is 0. The topological polar surface area (TPSA) is 27.6 Å². The van der Waals surface area contributed by atoms with Crippen LogP contribution >= 0.6 is 11.8 Å². The van der Waals surface area contributed by atoms with E-state index in [1.807, 2.05) is 11.8 Å². The molecule has 0 aromatic heterocycles. The van der Waals surface area contributed by atoms with Gasteiger partial charge in [0.1, 0.15) is 0 Å². The average molecular weight is 253 g/mol. The summed E-state index contributed by atoms with van der Waals surface area (Å²) in [7, 11) is 0. The molecule has 0 bridgehead atoms. The predicted octanol–water partition coefficient (Wildman–Crippen LogP) is 1.94. The molecule has 3 heterocycles. The third kappa shape index (κ3) is 2.34. The standard InChI is InChI=1S/C13H23N3S/c1-9(2)11-8-17-13(15-11)14-10-5-7-16-6-3-4-12(10)16/h9-12H,3-8H2,1-2H3,(H,14,15). The summed E-state index contributed by atoms with van der Waals surface area (Å²) in [6.07, 6.45) is 4.07. The number of nitrogens with zero attached hydrogens (tertiary/aromatic N) is 2. The smallest absolute Gasteiger partial charge is 0.157 e. The Morgan fingerprint density at radius 3 is 3.00 bits per heavy atom. The first-order valence-corrected chi connectivity index (χ1v) is 7.94. The summed E-state index contributed by atoms with van der Waals surface area (Å²) in [5, 5.41) is 4.92. The zero-order chi connectivity index (χ0) is 11.8. The molecule has 3 aliphatic heterocycles. The average Bonchev–Trinajstić information content (AvgIpc) is 2.96. The number of amidine groups is 1. The van der Waals surface area contributed by atoms with Gasteiger partial charge in [-0.1, -0.05) is 25.6 Å². The normalized spacial score (nSPS) is 37.6. The van der Waals surface area contributed by atoms with Crippen LogP contribution in [0.2, 0.25) is 0 Å². The molecule has 0 aliphatic carbocycles. The van der Waals surface area contributed by atoms with Crippen LogP contribution in [0.4, 0.5) is 0 Å². The van der Waals surface area contributed by atoms with Crippen molar-refractivity contribution in [3.63, 3.8) is 0 Å². The van der Waals surface area contributed by atoms with Crippen molar-refractivity contribution >= 4 is 16.9 Å². The van der Waals surface area contributed by atoms with Crippen molar-refractivity contribution in [1.82, 2.24) is 10.2 Å². The monoisotopic (exact) mass is 253 g/mol. The van der Waals surface area contributed by atoms with Gasteiger partial charge < -0.3 is 5.32 Å². The van der Waals surface area contributed by atoms with E-state index in [9.17, 15) is 0 Å². The summed E-state index contributed by atoms with van der Waals surface area (Å²) in [5.74, 6) is 1.84. The van der Waals surface area contributed by atoms with E-state index in [2.05, 4.69) is 24.1 Å². The van der Waals surface area contributed by atoms with Gasteiger partial charge in [-0.15, -0.1) is 0 Å². The fourth-order valence-electron chi connectivity index (χ4n) is 3.22. The Bertz CT molecular complexity index is 316. The molecule has 0 aromatic rings. The molecule has 4 heteroatoms. The number of thioether (sulfide) groups is 1. The van der Waals surface area contributed by atoms with Crippen molar-refractivity contribution in [3.8, 4) is 0 Å². The van der Waals surface area contributed by atoms with E-state index in [4.69, 9.17) is 4.99 Å². The molecule has 3 nitrogen and oxygen atoms in total. The molecule has 0 aromatic carbocycles. The van der Waals surface area contributed by atoms with E-state index in [1.165, 1.54) is 43.3 Å². The highest BCUT2D eigenvalue weighted by molar-refractivity contribution is 8.14. The van der Waals surface area contributed by atoms with Gasteiger partial charge >= 0.3 is 0 Å². The summed E-state index contributed by atoms with van der Waals surface area (Å²) < 4.78 is 0. The Balaban J connectivity index is 1.59. The molecule has 3 atom stereocenters. The van der Waals surface area contributed by atoms with Crippen LogP contribution in [0.1, 0.15) is 33.1 Å². The SMILES string of the molecule is CC(C)C1CSC(NC2CCN3CCCC23)=N1. The largest absolute Gasteiger partial charge is 0.361 e. The van der Waals surface area contributed by atoms with E-state index in [0.717, 1.165) is 6.04 Å². The summed E-state index contributed by atoms with van der Waals surface area (Å²) >= 11 is 1.92. The van der Waals surface area contributed by atoms with Crippen LogP contribution in [0.15, 0.2) is 4.99 Å². The van der Waals surface area contributed by atoms with Gasteiger partial charge in [0, 0.05) is 24.4 Å². The van der Waals surface area contributed by atoms with Gasteiger partial charge in [-0.3, -0.25) is 9.89 Å². The lowest BCUT2D eigenvalue weighted by molar-refractivity contribution is 0.308. The maximum absolute atomic E-state index is 4.82. The van der Waals surface area contributed by atoms with E-state index >= 15 is 0 Å². The van der Waals surface area contributed by atoms with Gasteiger partial charge in [0.15, 0.2) is 5.17 Å². The molecule has 96 valence electrons. The van der Waals surface area contributed by atoms with Gasteiger partial charge in [0.05, 0.1) is 6.04 Å². The second-order valence-corrected chi connectivity index (χ2v) is 6.85. The molecule has 2 saturated heterocycles. The van der Waals surface area contributed by atoms with Crippen molar-refractivity contribution in [1.29, 1.82) is 0 Å². The second-order valence-electron chi connectivity index (χ2n) is 5.84. The molecule has 0 radical (unpaired) electrons. The predicted molar refractivity (Wildman–Crippen MR) is 74.7 cm³/mol. The Morgan fingerprint density at radius 1 is 1.35 bits per heavy atom.